The second kappa shape index (κ2) is 8.06. The fourth-order valence-corrected chi connectivity index (χ4v) is 4.11. The minimum atomic E-state index is -0.918. The molecule has 0 radical (unpaired) electrons. The highest BCUT2D eigenvalue weighted by molar-refractivity contribution is 6.05. The van der Waals surface area contributed by atoms with Crippen LogP contribution in [0.1, 0.15) is 40.0 Å². The van der Waals surface area contributed by atoms with E-state index in [1.54, 1.807) is 21.3 Å². The number of carboxylic acids is 1. The highest BCUT2D eigenvalue weighted by Gasteiger charge is 2.25. The summed E-state index contributed by atoms with van der Waals surface area (Å²) in [7, 11) is 4.73. The maximum Gasteiger partial charge on any atom is 0.336 e. The Hall–Kier alpha value is -3.54. The minimum Gasteiger partial charge on any atom is -0.493 e. The predicted octanol–water partition coefficient (Wildman–Crippen LogP) is 4.84. The molecule has 0 fully saturated rings. The zero-order chi connectivity index (χ0) is 21.3. The number of aromatic nitrogens is 1. The smallest absolute Gasteiger partial charge is 0.336 e. The molecule has 4 rings (SSSR count). The van der Waals surface area contributed by atoms with Crippen LogP contribution in [-0.4, -0.2) is 37.4 Å². The van der Waals surface area contributed by atoms with E-state index >= 15 is 0 Å². The summed E-state index contributed by atoms with van der Waals surface area (Å²) < 4.78 is 16.3. The Bertz CT molecular complexity index is 1140. The van der Waals surface area contributed by atoms with Gasteiger partial charge in [-0.25, -0.2) is 9.78 Å². The van der Waals surface area contributed by atoms with Crippen LogP contribution in [0.25, 0.3) is 22.6 Å². The SMILES string of the molecule is COc1cc(C=C2CCCc3c2nc2ccccc2c3C(=O)O)cc(OC)c1OC. The molecule has 2 aromatic carbocycles. The van der Waals surface area contributed by atoms with Crippen molar-refractivity contribution >= 4 is 28.5 Å². The predicted molar refractivity (Wildman–Crippen MR) is 116 cm³/mol. The molecule has 0 saturated heterocycles. The van der Waals surface area contributed by atoms with Gasteiger partial charge in [0.2, 0.25) is 5.75 Å². The quantitative estimate of drug-likeness (QED) is 0.655. The van der Waals surface area contributed by atoms with Crippen molar-refractivity contribution < 1.29 is 24.1 Å². The van der Waals surface area contributed by atoms with Gasteiger partial charge in [-0.05, 0) is 60.2 Å². The molecular formula is C24H23NO5. The number of carbonyl (C=O) groups is 1. The van der Waals surface area contributed by atoms with Crippen LogP contribution in [0.15, 0.2) is 36.4 Å². The molecule has 6 nitrogen and oxygen atoms in total. The number of nitrogens with zero attached hydrogens (tertiary/aromatic N) is 1. The Morgan fingerprint density at radius 2 is 1.73 bits per heavy atom. The van der Waals surface area contributed by atoms with Gasteiger partial charge in [-0.1, -0.05) is 18.2 Å². The summed E-state index contributed by atoms with van der Waals surface area (Å²) in [6, 6.07) is 11.2. The minimum absolute atomic E-state index is 0.353. The zero-order valence-corrected chi connectivity index (χ0v) is 17.2. The average molecular weight is 405 g/mol. The number of pyridine rings is 1. The third-order valence-corrected chi connectivity index (χ3v) is 5.41. The van der Waals surface area contributed by atoms with Crippen LogP contribution in [0.3, 0.4) is 0 Å². The fraction of sp³-hybridized carbons (Fsp3) is 0.250. The molecule has 0 amide bonds. The maximum absolute atomic E-state index is 12.1. The van der Waals surface area contributed by atoms with Crippen molar-refractivity contribution in [2.45, 2.75) is 19.3 Å². The normalized spacial score (nSPS) is 14.4. The Kier molecular flexibility index (Phi) is 5.31. The van der Waals surface area contributed by atoms with Crippen LogP contribution in [0, 0.1) is 0 Å². The lowest BCUT2D eigenvalue weighted by molar-refractivity contribution is 0.0697. The largest absolute Gasteiger partial charge is 0.493 e. The van der Waals surface area contributed by atoms with Crippen molar-refractivity contribution in [3.8, 4) is 17.2 Å². The van der Waals surface area contributed by atoms with Crippen molar-refractivity contribution in [2.24, 2.45) is 0 Å². The molecule has 30 heavy (non-hydrogen) atoms. The van der Waals surface area contributed by atoms with E-state index in [9.17, 15) is 9.90 Å². The summed E-state index contributed by atoms with van der Waals surface area (Å²) in [5.41, 5.74) is 4.47. The number of carboxylic acid groups (broad SMARTS) is 1. The maximum atomic E-state index is 12.1. The lowest BCUT2D eigenvalue weighted by atomic mass is 9.86. The number of methoxy groups -OCH3 is 3. The van der Waals surface area contributed by atoms with Crippen LogP contribution in [0.2, 0.25) is 0 Å². The van der Waals surface area contributed by atoms with Gasteiger partial charge in [-0.2, -0.15) is 0 Å². The van der Waals surface area contributed by atoms with Crippen LogP contribution in [-0.2, 0) is 6.42 Å². The number of aromatic carboxylic acids is 1. The van der Waals surface area contributed by atoms with Gasteiger partial charge in [0.25, 0.3) is 0 Å². The van der Waals surface area contributed by atoms with Crippen LogP contribution < -0.4 is 14.2 Å². The summed E-state index contributed by atoms with van der Waals surface area (Å²) in [5.74, 6) is 0.747. The molecule has 0 saturated carbocycles. The van der Waals surface area contributed by atoms with E-state index in [2.05, 4.69) is 0 Å². The summed E-state index contributed by atoms with van der Waals surface area (Å²) in [5, 5.41) is 10.6. The van der Waals surface area contributed by atoms with Crippen LogP contribution in [0.4, 0.5) is 0 Å². The number of allylic oxidation sites excluding steroid dienone is 1. The molecule has 1 heterocycles. The van der Waals surface area contributed by atoms with Gasteiger partial charge in [0.05, 0.1) is 38.1 Å². The number of rotatable bonds is 5. The van der Waals surface area contributed by atoms with Gasteiger partial charge < -0.3 is 19.3 Å². The van der Waals surface area contributed by atoms with Crippen molar-refractivity contribution in [1.82, 2.24) is 4.98 Å². The van der Waals surface area contributed by atoms with E-state index in [-0.39, 0.29) is 0 Å². The summed E-state index contributed by atoms with van der Waals surface area (Å²) in [6.45, 7) is 0. The second-order valence-electron chi connectivity index (χ2n) is 7.12. The summed E-state index contributed by atoms with van der Waals surface area (Å²) in [6.07, 6.45) is 4.40. The first kappa shape index (κ1) is 19.8. The number of hydrogen-bond donors (Lipinski definition) is 1. The molecule has 0 bridgehead atoms. The van der Waals surface area contributed by atoms with E-state index in [4.69, 9.17) is 19.2 Å². The molecule has 154 valence electrons. The molecule has 0 atom stereocenters. The molecule has 3 aromatic rings. The van der Waals surface area contributed by atoms with Crippen molar-refractivity contribution in [3.05, 3.63) is 58.8 Å². The van der Waals surface area contributed by atoms with Gasteiger partial charge in [0.1, 0.15) is 0 Å². The zero-order valence-electron chi connectivity index (χ0n) is 17.2. The Morgan fingerprint density at radius 1 is 1.03 bits per heavy atom. The summed E-state index contributed by atoms with van der Waals surface area (Å²) in [4.78, 5) is 16.9. The van der Waals surface area contributed by atoms with Gasteiger partial charge in [-0.3, -0.25) is 0 Å². The standard InChI is InChI=1S/C24H23NO5/c1-28-19-12-14(13-20(29-2)23(19)30-3)11-15-7-6-9-17-21(24(26)27)16-8-4-5-10-18(16)25-22(15)17/h4-5,8,10-13H,6-7,9H2,1-3H3,(H,26,27). The highest BCUT2D eigenvalue weighted by atomic mass is 16.5. The average Bonchev–Trinajstić information content (AvgIpc) is 2.76. The van der Waals surface area contributed by atoms with Gasteiger partial charge in [0.15, 0.2) is 11.5 Å². The van der Waals surface area contributed by atoms with Gasteiger partial charge >= 0.3 is 5.97 Å². The number of benzene rings is 2. The van der Waals surface area contributed by atoms with E-state index in [0.717, 1.165) is 35.2 Å². The number of ether oxygens (including phenoxy) is 3. The van der Waals surface area contributed by atoms with E-state index in [1.807, 2.05) is 42.5 Å². The summed E-state index contributed by atoms with van der Waals surface area (Å²) >= 11 is 0. The lowest BCUT2D eigenvalue weighted by Gasteiger charge is -2.22. The fourth-order valence-electron chi connectivity index (χ4n) is 4.11. The highest BCUT2D eigenvalue weighted by Crippen LogP contribution is 2.41. The Morgan fingerprint density at radius 3 is 2.37 bits per heavy atom. The molecule has 0 spiro atoms. The van der Waals surface area contributed by atoms with Gasteiger partial charge in [0, 0.05) is 5.39 Å². The second-order valence-corrected chi connectivity index (χ2v) is 7.12. The first-order valence-corrected chi connectivity index (χ1v) is 9.73. The molecule has 1 aromatic heterocycles. The number of para-hydroxylation sites is 1. The third-order valence-electron chi connectivity index (χ3n) is 5.41. The number of hydrogen-bond acceptors (Lipinski definition) is 5. The van der Waals surface area contributed by atoms with Crippen LogP contribution >= 0.6 is 0 Å². The number of fused-ring (bicyclic) bond motifs is 2. The molecule has 1 N–H and O–H groups in total. The van der Waals surface area contributed by atoms with E-state index in [0.29, 0.717) is 40.1 Å². The Labute approximate surface area is 174 Å². The Balaban J connectivity index is 1.92. The van der Waals surface area contributed by atoms with E-state index in [1.165, 1.54) is 0 Å². The molecule has 1 aliphatic carbocycles. The van der Waals surface area contributed by atoms with E-state index < -0.39 is 5.97 Å². The lowest BCUT2D eigenvalue weighted by Crippen LogP contribution is -2.13. The first-order chi connectivity index (χ1) is 14.6. The molecule has 6 heteroatoms. The van der Waals surface area contributed by atoms with Crippen LogP contribution in [0.5, 0.6) is 17.2 Å². The molecule has 1 aliphatic rings. The molecule has 0 aliphatic heterocycles. The first-order valence-electron chi connectivity index (χ1n) is 9.73. The topological polar surface area (TPSA) is 77.9 Å². The molecular weight excluding hydrogens is 382 g/mol. The van der Waals surface area contributed by atoms with Gasteiger partial charge in [-0.15, -0.1) is 0 Å². The monoisotopic (exact) mass is 405 g/mol. The third kappa shape index (κ3) is 3.34. The van der Waals surface area contributed by atoms with Crippen molar-refractivity contribution in [3.63, 3.8) is 0 Å². The van der Waals surface area contributed by atoms with Crippen molar-refractivity contribution in [1.29, 1.82) is 0 Å². The van der Waals surface area contributed by atoms with Crippen molar-refractivity contribution in [2.75, 3.05) is 21.3 Å². The molecule has 0 unspecified atom stereocenters.